The number of aromatic hydroxyl groups is 1. The van der Waals surface area contributed by atoms with Crippen molar-refractivity contribution in [3.05, 3.63) is 78.3 Å². The Morgan fingerprint density at radius 2 is 1.73 bits per heavy atom. The maximum absolute atomic E-state index is 12.0. The minimum absolute atomic E-state index is 0.00635. The lowest BCUT2D eigenvalue weighted by atomic mass is 9.75. The van der Waals surface area contributed by atoms with E-state index in [0.717, 1.165) is 29.7 Å². The van der Waals surface area contributed by atoms with Crippen LogP contribution in [0.15, 0.2) is 67.1 Å². The molecule has 7 rings (SSSR count). The van der Waals surface area contributed by atoms with Gasteiger partial charge in [-0.2, -0.15) is 5.10 Å². The Kier molecular flexibility index (Phi) is 9.68. The summed E-state index contributed by atoms with van der Waals surface area (Å²) < 4.78 is 2.04. The van der Waals surface area contributed by atoms with Gasteiger partial charge in [-0.1, -0.05) is 50.1 Å². The van der Waals surface area contributed by atoms with Gasteiger partial charge in [-0.05, 0) is 136 Å². The summed E-state index contributed by atoms with van der Waals surface area (Å²) in [5.74, 6) is 1.23. The van der Waals surface area contributed by atoms with Crippen LogP contribution in [0.25, 0.3) is 11.1 Å². The molecule has 1 aromatic heterocycles. The Morgan fingerprint density at radius 1 is 0.938 bits per heavy atom. The maximum atomic E-state index is 12.0. The van der Waals surface area contributed by atoms with E-state index in [1.165, 1.54) is 74.7 Å². The van der Waals surface area contributed by atoms with Gasteiger partial charge in [-0.15, -0.1) is 0 Å². The van der Waals surface area contributed by atoms with Gasteiger partial charge >= 0.3 is 5.97 Å². The molecule has 0 amide bonds. The van der Waals surface area contributed by atoms with Gasteiger partial charge in [0.25, 0.3) is 0 Å². The lowest BCUT2D eigenvalue weighted by Crippen LogP contribution is -2.34. The Hall–Kier alpha value is -3.58. The van der Waals surface area contributed by atoms with Gasteiger partial charge in [0.15, 0.2) is 0 Å². The molecule has 0 saturated heterocycles. The minimum Gasteiger partial charge on any atom is -0.508 e. The molecule has 4 aliphatic carbocycles. The van der Waals surface area contributed by atoms with Crippen LogP contribution in [0.3, 0.4) is 0 Å². The molecule has 3 unspecified atom stereocenters. The van der Waals surface area contributed by atoms with Crippen LogP contribution in [0.4, 0.5) is 5.69 Å². The molecule has 0 aliphatic heterocycles. The predicted octanol–water partition coefficient (Wildman–Crippen LogP) is 8.86. The van der Waals surface area contributed by atoms with E-state index in [4.69, 9.17) is 11.7 Å². The number of phenolic OH excluding ortho intramolecular Hbond substituents is 1. The third kappa shape index (κ3) is 7.08. The topological polar surface area (TPSA) is 98.8 Å². The number of rotatable bonds is 10. The molecule has 7 nitrogen and oxygen atoms in total. The number of allylic oxidation sites excluding steroid dienone is 1. The Bertz CT molecular complexity index is 1600. The van der Waals surface area contributed by atoms with Crippen molar-refractivity contribution in [1.82, 2.24) is 9.78 Å². The third-order valence-corrected chi connectivity index (χ3v) is 12.4. The van der Waals surface area contributed by atoms with Gasteiger partial charge in [-0.25, -0.2) is 0 Å². The van der Waals surface area contributed by atoms with E-state index >= 15 is 0 Å². The van der Waals surface area contributed by atoms with Crippen molar-refractivity contribution >= 4 is 11.7 Å². The number of phenols is 1. The number of benzene rings is 2. The van der Waals surface area contributed by atoms with Crippen LogP contribution in [-0.4, -0.2) is 43.7 Å². The normalized spacial score (nSPS) is 29.3. The highest BCUT2D eigenvalue weighted by molar-refractivity contribution is 5.71. The number of hydrogen-bond acceptors (Lipinski definition) is 5. The lowest BCUT2D eigenvalue weighted by Gasteiger charge is -2.38. The molecule has 5 atom stereocenters. The van der Waals surface area contributed by atoms with Crippen molar-refractivity contribution in [1.29, 1.82) is 0 Å². The molecule has 4 aliphatic rings. The number of aliphatic carboxylic acids is 1. The number of carboxylic acid groups (broad SMARTS) is 1. The van der Waals surface area contributed by atoms with E-state index in [2.05, 4.69) is 47.5 Å². The Morgan fingerprint density at radius 3 is 2.48 bits per heavy atom. The average molecular weight is 652 g/mol. The van der Waals surface area contributed by atoms with Crippen molar-refractivity contribution < 1.29 is 20.1 Å². The molecular weight excluding hydrogens is 598 g/mol. The van der Waals surface area contributed by atoms with E-state index in [0.29, 0.717) is 42.8 Å². The van der Waals surface area contributed by atoms with Gasteiger partial charge < -0.3 is 20.2 Å². The van der Waals surface area contributed by atoms with Crippen LogP contribution < -0.4 is 4.90 Å². The van der Waals surface area contributed by atoms with E-state index < -0.39 is 12.1 Å². The molecule has 0 radical (unpaired) electrons. The van der Waals surface area contributed by atoms with Crippen molar-refractivity contribution in [2.24, 2.45) is 29.6 Å². The summed E-state index contributed by atoms with van der Waals surface area (Å²) in [6, 6.07) is 15.2. The first-order chi connectivity index (χ1) is 23.2. The predicted molar refractivity (Wildman–Crippen MR) is 190 cm³/mol. The summed E-state index contributed by atoms with van der Waals surface area (Å²) in [6.45, 7) is 7.72. The summed E-state index contributed by atoms with van der Waals surface area (Å²) in [4.78, 5) is 14.5. The first-order valence-corrected chi connectivity index (χ1v) is 18.6. The number of aliphatic hydroxyl groups is 1. The number of nitrogens with zero attached hydrogens (tertiary/aromatic N) is 3. The van der Waals surface area contributed by atoms with Gasteiger partial charge in [0.1, 0.15) is 5.75 Å². The summed E-state index contributed by atoms with van der Waals surface area (Å²) in [5.41, 5.74) is 7.01. The zero-order valence-corrected chi connectivity index (χ0v) is 28.5. The first kappa shape index (κ1) is 32.9. The highest BCUT2D eigenvalue weighted by Crippen LogP contribution is 2.54. The second kappa shape index (κ2) is 14.1. The number of aryl methyl sites for hydroxylation is 1. The molecule has 48 heavy (non-hydrogen) atoms. The van der Waals surface area contributed by atoms with Crippen LogP contribution in [0.2, 0.25) is 0 Å². The van der Waals surface area contributed by atoms with Crippen molar-refractivity contribution in [3.63, 3.8) is 0 Å². The molecule has 4 fully saturated rings. The SMILES string of the molecule is C=C(C1CCCCC1)N(CC1CCC(c2ccc(O)c(C)c2)CC1)c1cccc(-c2cnn(C3CC3C3C[C@@H](O)CC[C@@H]3C(=O)O)c2)c1. The van der Waals surface area contributed by atoms with Crippen molar-refractivity contribution in [2.45, 2.75) is 108 Å². The standard InChI is InChI=1S/C41H53N3O4/c1-26-19-32(15-18-40(26)46)30-13-11-28(12-14-30)24-43(27(2)29-7-4-3-5-8-29)34-10-6-9-31(20-34)33-23-42-44(25-33)39-22-38(39)37-21-35(45)16-17-36(37)41(47)48/h6,9-10,15,18-20,23,25,28-30,35-39,45-46H,2-5,7-8,11-14,16-17,21-22,24H2,1H3,(H,47,48)/t28?,30?,35-,36-,37?,38?,39?/m0/s1. The number of aliphatic hydroxyl groups excluding tert-OH is 1. The number of carboxylic acids is 1. The molecule has 2 aromatic carbocycles. The molecular formula is C41H53N3O4. The molecule has 3 aromatic rings. The van der Waals surface area contributed by atoms with E-state index in [9.17, 15) is 20.1 Å². The van der Waals surface area contributed by atoms with E-state index in [-0.39, 0.29) is 23.8 Å². The van der Waals surface area contributed by atoms with Gasteiger partial charge in [0.05, 0.1) is 24.3 Å². The van der Waals surface area contributed by atoms with Gasteiger partial charge in [-0.3, -0.25) is 9.48 Å². The molecule has 256 valence electrons. The molecule has 3 N–H and O–H groups in total. The lowest BCUT2D eigenvalue weighted by molar-refractivity contribution is -0.146. The van der Waals surface area contributed by atoms with Gasteiger partial charge in [0.2, 0.25) is 0 Å². The number of carbonyl (C=O) groups is 1. The fourth-order valence-electron chi connectivity index (χ4n) is 9.36. The second-order valence-electron chi connectivity index (χ2n) is 15.5. The van der Waals surface area contributed by atoms with Crippen molar-refractivity contribution in [2.75, 3.05) is 11.4 Å². The highest BCUT2D eigenvalue weighted by atomic mass is 16.4. The van der Waals surface area contributed by atoms with Crippen LogP contribution in [0.1, 0.15) is 107 Å². The third-order valence-electron chi connectivity index (χ3n) is 12.4. The van der Waals surface area contributed by atoms with Crippen LogP contribution in [0, 0.1) is 36.5 Å². The summed E-state index contributed by atoms with van der Waals surface area (Å²) in [6.07, 6.45) is 17.4. The monoisotopic (exact) mass is 651 g/mol. The summed E-state index contributed by atoms with van der Waals surface area (Å²) in [5, 5.41) is 34.9. The molecule has 1 heterocycles. The number of aromatic nitrogens is 2. The van der Waals surface area contributed by atoms with Crippen molar-refractivity contribution in [3.8, 4) is 16.9 Å². The molecule has 7 heteroatoms. The average Bonchev–Trinajstić information content (AvgIpc) is 3.75. The van der Waals surface area contributed by atoms with Crippen LogP contribution >= 0.6 is 0 Å². The zero-order chi connectivity index (χ0) is 33.4. The Labute approximate surface area is 285 Å². The Balaban J connectivity index is 1.06. The number of anilines is 1. The number of hydrogen-bond donors (Lipinski definition) is 3. The fourth-order valence-corrected chi connectivity index (χ4v) is 9.36. The smallest absolute Gasteiger partial charge is 0.306 e. The molecule has 4 saturated carbocycles. The molecule has 0 spiro atoms. The first-order valence-electron chi connectivity index (χ1n) is 18.6. The quantitative estimate of drug-likeness (QED) is 0.203. The maximum Gasteiger partial charge on any atom is 0.306 e. The highest BCUT2D eigenvalue weighted by Gasteiger charge is 2.51. The van der Waals surface area contributed by atoms with Crippen LogP contribution in [-0.2, 0) is 4.79 Å². The summed E-state index contributed by atoms with van der Waals surface area (Å²) in [7, 11) is 0. The van der Waals surface area contributed by atoms with Crippen LogP contribution in [0.5, 0.6) is 5.75 Å². The second-order valence-corrected chi connectivity index (χ2v) is 15.5. The zero-order valence-electron chi connectivity index (χ0n) is 28.5. The molecule has 0 bridgehead atoms. The van der Waals surface area contributed by atoms with Gasteiger partial charge in [0, 0.05) is 29.7 Å². The fraction of sp³-hybridized carbons (Fsp3) is 0.561. The summed E-state index contributed by atoms with van der Waals surface area (Å²) >= 11 is 0. The largest absolute Gasteiger partial charge is 0.508 e. The van der Waals surface area contributed by atoms with E-state index in [1.807, 2.05) is 23.9 Å². The minimum atomic E-state index is -0.727. The van der Waals surface area contributed by atoms with E-state index in [1.54, 1.807) is 0 Å².